The minimum atomic E-state index is -1.12. The highest BCUT2D eigenvalue weighted by atomic mass is 16.7. The summed E-state index contributed by atoms with van der Waals surface area (Å²) in [5.41, 5.74) is 5.18. The lowest BCUT2D eigenvalue weighted by Gasteiger charge is -2.39. The Bertz CT molecular complexity index is 1680. The van der Waals surface area contributed by atoms with Crippen molar-refractivity contribution in [2.24, 2.45) is 5.16 Å². The highest BCUT2D eigenvalue weighted by Gasteiger charge is 2.36. The Morgan fingerprint density at radius 1 is 0.860 bits per heavy atom. The quantitative estimate of drug-likeness (QED) is 0.0451. The van der Waals surface area contributed by atoms with Crippen LogP contribution in [0.15, 0.2) is 78.0 Å². The van der Waals surface area contributed by atoms with E-state index in [1.807, 2.05) is 62.4 Å². The fraction of sp³-hybridized carbons (Fsp3) is 0.425. The van der Waals surface area contributed by atoms with Crippen LogP contribution in [0, 0.1) is 11.3 Å². The maximum absolute atomic E-state index is 13.7. The number of Topliss-reactive ketones (excluding diaryl/α,β-unsaturated/α-hetero) is 1. The van der Waals surface area contributed by atoms with Crippen molar-refractivity contribution in [3.63, 3.8) is 0 Å². The maximum atomic E-state index is 13.7. The van der Waals surface area contributed by atoms with Crippen molar-refractivity contribution >= 4 is 40.5 Å². The highest BCUT2D eigenvalue weighted by Crippen LogP contribution is 2.38. The number of carbonyl (C=O) groups is 3. The Kier molecular flexibility index (Phi) is 12.5. The Morgan fingerprint density at radius 3 is 1.96 bits per heavy atom. The topological polar surface area (TPSA) is 133 Å². The zero-order chi connectivity index (χ0) is 35.5. The molecular formula is C40H46N4O6. The third-order valence-electron chi connectivity index (χ3n) is 9.82. The van der Waals surface area contributed by atoms with Crippen LogP contribution in [0.5, 0.6) is 0 Å². The Balaban J connectivity index is 1.44. The second-order valence-electron chi connectivity index (χ2n) is 13.5. The summed E-state index contributed by atoms with van der Waals surface area (Å²) in [6, 6.07) is 25.5. The number of hydrogen-bond acceptors (Lipinski definition) is 9. The van der Waals surface area contributed by atoms with Crippen LogP contribution in [0.3, 0.4) is 0 Å². The molecule has 0 spiro atoms. The number of ketones is 1. The van der Waals surface area contributed by atoms with Gasteiger partial charge in [-0.05, 0) is 112 Å². The fourth-order valence-electron chi connectivity index (χ4n) is 6.89. The predicted molar refractivity (Wildman–Crippen MR) is 192 cm³/mol. The van der Waals surface area contributed by atoms with E-state index < -0.39 is 17.5 Å². The van der Waals surface area contributed by atoms with Gasteiger partial charge in [-0.25, -0.2) is 4.79 Å². The summed E-state index contributed by atoms with van der Waals surface area (Å²) in [5.74, 6) is -1.36. The molecule has 1 saturated carbocycles. The lowest BCUT2D eigenvalue weighted by Crippen LogP contribution is -2.54. The molecule has 0 bridgehead atoms. The summed E-state index contributed by atoms with van der Waals surface area (Å²) < 4.78 is 5.51. The van der Waals surface area contributed by atoms with E-state index >= 15 is 0 Å². The molecule has 0 aromatic heterocycles. The van der Waals surface area contributed by atoms with E-state index in [9.17, 15) is 14.4 Å². The number of hydrogen-bond donors (Lipinski definition) is 1. The zero-order valence-corrected chi connectivity index (χ0v) is 29.0. The number of oxime groups is 1. The summed E-state index contributed by atoms with van der Waals surface area (Å²) in [6.07, 6.45) is 7.60. The van der Waals surface area contributed by atoms with E-state index in [2.05, 4.69) is 39.2 Å². The molecular weight excluding hydrogens is 632 g/mol. The standard InChI is InChI=1S/C40H46N4O6/c1-40(2,43-24-26-49-27-25-43)39(48)32-16-22-35(23-17-32)44(33-18-12-30(13-19-33)29-8-4-3-5-9-29)34-20-14-31(15-21-34)36(42-50-38(47)28-41)10-6-7-11-37(45)46/h12-23,29H,3-11,24-27H2,1-2H3,(H,45,46)/b42-36+. The molecule has 10 nitrogen and oxygen atoms in total. The normalized spacial score (nSPS) is 16.0. The van der Waals surface area contributed by atoms with E-state index in [1.54, 1.807) is 0 Å². The van der Waals surface area contributed by atoms with Crippen molar-refractivity contribution in [2.75, 3.05) is 31.2 Å². The van der Waals surface area contributed by atoms with Gasteiger partial charge in [-0.15, -0.1) is 0 Å². The van der Waals surface area contributed by atoms with Crippen molar-refractivity contribution < 1.29 is 29.1 Å². The molecule has 2 aliphatic rings. The molecule has 1 N–H and O–H groups in total. The summed E-state index contributed by atoms with van der Waals surface area (Å²) in [7, 11) is 0. The van der Waals surface area contributed by atoms with Gasteiger partial charge in [0.1, 0.15) is 0 Å². The lowest BCUT2D eigenvalue weighted by molar-refractivity contribution is -0.137. The van der Waals surface area contributed by atoms with E-state index in [4.69, 9.17) is 19.9 Å². The van der Waals surface area contributed by atoms with Crippen molar-refractivity contribution in [1.82, 2.24) is 4.90 Å². The number of carboxylic acid groups (broad SMARTS) is 1. The molecule has 0 amide bonds. The number of nitriles is 1. The number of ether oxygens (including phenoxy) is 1. The monoisotopic (exact) mass is 678 g/mol. The van der Waals surface area contributed by atoms with Crippen molar-refractivity contribution in [1.29, 1.82) is 5.26 Å². The SMILES string of the molecule is CC(C)(C(=O)c1ccc(N(c2ccc(/C(CCCCC(=O)O)=N/OC(=O)C#N)cc2)c2ccc(C3CCCCC3)cc2)cc1)N1CCOCC1. The van der Waals surface area contributed by atoms with Gasteiger partial charge in [0.25, 0.3) is 0 Å². The van der Waals surface area contributed by atoms with Crippen LogP contribution in [0.4, 0.5) is 17.1 Å². The van der Waals surface area contributed by atoms with E-state index in [1.165, 1.54) is 43.7 Å². The first-order valence-electron chi connectivity index (χ1n) is 17.6. The second-order valence-corrected chi connectivity index (χ2v) is 13.5. The summed E-state index contributed by atoms with van der Waals surface area (Å²) in [5, 5.41) is 21.8. The smallest absolute Gasteiger partial charge is 0.436 e. The van der Waals surface area contributed by atoms with Gasteiger partial charge in [0, 0.05) is 42.1 Å². The van der Waals surface area contributed by atoms with Crippen LogP contribution < -0.4 is 4.90 Å². The first kappa shape index (κ1) is 36.4. The molecule has 262 valence electrons. The van der Waals surface area contributed by atoms with Crippen molar-refractivity contribution in [3.8, 4) is 6.07 Å². The van der Waals surface area contributed by atoms with E-state index in [0.29, 0.717) is 68.3 Å². The van der Waals surface area contributed by atoms with Crippen LogP contribution in [-0.2, 0) is 19.2 Å². The zero-order valence-electron chi connectivity index (χ0n) is 29.0. The van der Waals surface area contributed by atoms with Crippen molar-refractivity contribution in [3.05, 3.63) is 89.5 Å². The first-order chi connectivity index (χ1) is 24.2. The van der Waals surface area contributed by atoms with Gasteiger partial charge < -0.3 is 19.6 Å². The largest absolute Gasteiger partial charge is 0.481 e. The number of anilines is 3. The Labute approximate surface area is 294 Å². The number of carbonyl (C=O) groups excluding carboxylic acids is 2. The van der Waals surface area contributed by atoms with Gasteiger partial charge in [-0.3, -0.25) is 14.5 Å². The average Bonchev–Trinajstić information content (AvgIpc) is 3.15. The Hall–Kier alpha value is -4.85. The maximum Gasteiger partial charge on any atom is 0.436 e. The highest BCUT2D eigenvalue weighted by molar-refractivity contribution is 6.03. The summed E-state index contributed by atoms with van der Waals surface area (Å²) >= 11 is 0. The number of morpholine rings is 1. The van der Waals surface area contributed by atoms with Crippen molar-refractivity contribution in [2.45, 2.75) is 83.1 Å². The van der Waals surface area contributed by atoms with E-state index in [0.717, 1.165) is 17.1 Å². The number of carboxylic acids is 1. The third kappa shape index (κ3) is 9.23. The van der Waals surface area contributed by atoms with Gasteiger partial charge in [-0.2, -0.15) is 5.26 Å². The molecule has 3 aromatic carbocycles. The van der Waals surface area contributed by atoms with Gasteiger partial charge in [0.05, 0.1) is 24.5 Å². The van der Waals surface area contributed by atoms with Gasteiger partial charge in [0.2, 0.25) is 0 Å². The van der Waals surface area contributed by atoms with Crippen LogP contribution in [0.2, 0.25) is 0 Å². The molecule has 5 rings (SSSR count). The van der Waals surface area contributed by atoms with Gasteiger partial charge >= 0.3 is 11.9 Å². The molecule has 10 heteroatoms. The predicted octanol–water partition coefficient (Wildman–Crippen LogP) is 7.91. The minimum absolute atomic E-state index is 0.0216. The molecule has 1 aliphatic carbocycles. The molecule has 1 heterocycles. The van der Waals surface area contributed by atoms with Crippen LogP contribution in [-0.4, -0.2) is 65.3 Å². The molecule has 1 aliphatic heterocycles. The van der Waals surface area contributed by atoms with Gasteiger partial charge in [-0.1, -0.05) is 48.7 Å². The second kappa shape index (κ2) is 17.2. The first-order valence-corrected chi connectivity index (χ1v) is 17.6. The number of rotatable bonds is 14. The summed E-state index contributed by atoms with van der Waals surface area (Å²) in [6.45, 7) is 6.61. The van der Waals surface area contributed by atoms with Crippen LogP contribution in [0.25, 0.3) is 0 Å². The summed E-state index contributed by atoms with van der Waals surface area (Å²) in [4.78, 5) is 45.4. The fourth-order valence-corrected chi connectivity index (χ4v) is 6.89. The molecule has 3 aromatic rings. The van der Waals surface area contributed by atoms with Crippen LogP contribution >= 0.6 is 0 Å². The lowest BCUT2D eigenvalue weighted by atomic mass is 9.84. The number of unbranched alkanes of at least 4 members (excludes halogenated alkanes) is 1. The molecule has 50 heavy (non-hydrogen) atoms. The molecule has 0 atom stereocenters. The van der Waals surface area contributed by atoms with Crippen LogP contribution in [0.1, 0.15) is 99.0 Å². The molecule has 0 radical (unpaired) electrons. The molecule has 0 unspecified atom stereocenters. The minimum Gasteiger partial charge on any atom is -0.481 e. The van der Waals surface area contributed by atoms with E-state index in [-0.39, 0.29) is 12.2 Å². The number of nitrogens with zero attached hydrogens (tertiary/aromatic N) is 4. The third-order valence-corrected chi connectivity index (χ3v) is 9.82. The molecule has 1 saturated heterocycles. The van der Waals surface area contributed by atoms with Gasteiger partial charge in [0.15, 0.2) is 11.9 Å². The molecule has 2 fully saturated rings. The average molecular weight is 679 g/mol. The Morgan fingerprint density at radius 2 is 1.40 bits per heavy atom. The number of aliphatic carboxylic acids is 1. The number of benzene rings is 3.